The quantitative estimate of drug-likeness (QED) is 0.362. The molecule has 31 heavy (non-hydrogen) atoms. The standard InChI is InChI=1S/C23H19BrN2O4S/c1-16-7-9-19(10-8-16)31(28,29)26-14-21(24)20-11-18(13-25-23(20)26)12-22(27)30-15-17-5-3-2-4-6-17/h2-11,13-14H,12,15H2,1H3. The third kappa shape index (κ3) is 4.55. The van der Waals surface area contributed by atoms with Gasteiger partial charge in [-0.15, -0.1) is 0 Å². The van der Waals surface area contributed by atoms with Crippen molar-refractivity contribution < 1.29 is 17.9 Å². The van der Waals surface area contributed by atoms with Gasteiger partial charge in [-0.05, 0) is 52.2 Å². The highest BCUT2D eigenvalue weighted by molar-refractivity contribution is 9.10. The van der Waals surface area contributed by atoms with Gasteiger partial charge in [0.15, 0.2) is 5.65 Å². The Kier molecular flexibility index (Phi) is 5.93. The summed E-state index contributed by atoms with van der Waals surface area (Å²) in [6.45, 7) is 2.09. The average molecular weight is 499 g/mol. The summed E-state index contributed by atoms with van der Waals surface area (Å²) in [6, 6.07) is 17.8. The fourth-order valence-corrected chi connectivity index (χ4v) is 5.10. The first kappa shape index (κ1) is 21.3. The molecular formula is C23H19BrN2O4S. The van der Waals surface area contributed by atoms with Gasteiger partial charge in [-0.2, -0.15) is 0 Å². The number of hydrogen-bond donors (Lipinski definition) is 0. The molecule has 4 aromatic rings. The molecule has 0 saturated carbocycles. The van der Waals surface area contributed by atoms with Gasteiger partial charge in [0.05, 0.1) is 11.3 Å². The van der Waals surface area contributed by atoms with E-state index in [1.807, 2.05) is 37.3 Å². The van der Waals surface area contributed by atoms with Crippen LogP contribution in [0.1, 0.15) is 16.7 Å². The van der Waals surface area contributed by atoms with Gasteiger partial charge in [-0.25, -0.2) is 17.4 Å². The number of hydrogen-bond acceptors (Lipinski definition) is 5. The van der Waals surface area contributed by atoms with E-state index in [1.165, 1.54) is 12.4 Å². The van der Waals surface area contributed by atoms with E-state index in [1.54, 1.807) is 30.3 Å². The maximum absolute atomic E-state index is 13.1. The van der Waals surface area contributed by atoms with E-state index in [-0.39, 0.29) is 29.5 Å². The zero-order valence-corrected chi connectivity index (χ0v) is 19.1. The smallest absolute Gasteiger partial charge is 0.310 e. The highest BCUT2D eigenvalue weighted by atomic mass is 79.9. The first-order valence-corrected chi connectivity index (χ1v) is 11.8. The van der Waals surface area contributed by atoms with Crippen molar-refractivity contribution in [1.82, 2.24) is 8.96 Å². The molecule has 0 fully saturated rings. The lowest BCUT2D eigenvalue weighted by Crippen LogP contribution is -2.12. The van der Waals surface area contributed by atoms with E-state index in [0.717, 1.165) is 15.1 Å². The third-order valence-electron chi connectivity index (χ3n) is 4.79. The maximum Gasteiger partial charge on any atom is 0.310 e. The molecule has 0 spiro atoms. The van der Waals surface area contributed by atoms with Gasteiger partial charge in [-0.3, -0.25) is 4.79 Å². The SMILES string of the molecule is Cc1ccc(S(=O)(=O)n2cc(Br)c3cc(CC(=O)OCc4ccccc4)cnc32)cc1. The van der Waals surface area contributed by atoms with Crippen molar-refractivity contribution >= 4 is 43.0 Å². The van der Waals surface area contributed by atoms with Gasteiger partial charge in [0, 0.05) is 22.3 Å². The van der Waals surface area contributed by atoms with Crippen LogP contribution in [0.4, 0.5) is 0 Å². The van der Waals surface area contributed by atoms with Crippen LogP contribution in [0.25, 0.3) is 11.0 Å². The molecule has 0 saturated heterocycles. The van der Waals surface area contributed by atoms with Crippen LogP contribution in [-0.2, 0) is 32.6 Å². The predicted molar refractivity (Wildman–Crippen MR) is 121 cm³/mol. The van der Waals surface area contributed by atoms with Crippen molar-refractivity contribution in [2.45, 2.75) is 24.8 Å². The summed E-state index contributed by atoms with van der Waals surface area (Å²) in [7, 11) is -3.80. The van der Waals surface area contributed by atoms with E-state index >= 15 is 0 Å². The number of aromatic nitrogens is 2. The summed E-state index contributed by atoms with van der Waals surface area (Å²) >= 11 is 3.41. The molecule has 0 amide bonds. The largest absolute Gasteiger partial charge is 0.461 e. The molecule has 0 radical (unpaired) electrons. The van der Waals surface area contributed by atoms with Crippen LogP contribution in [0.15, 0.2) is 82.4 Å². The Morgan fingerprint density at radius 3 is 2.48 bits per heavy atom. The number of nitrogens with zero attached hydrogens (tertiary/aromatic N) is 2. The molecule has 0 unspecified atom stereocenters. The molecule has 6 nitrogen and oxygen atoms in total. The molecule has 8 heteroatoms. The maximum atomic E-state index is 13.1. The second kappa shape index (κ2) is 8.64. The fourth-order valence-electron chi connectivity index (χ4n) is 3.15. The van der Waals surface area contributed by atoms with E-state index in [0.29, 0.717) is 15.4 Å². The second-order valence-electron chi connectivity index (χ2n) is 7.13. The predicted octanol–water partition coefficient (Wildman–Crippen LogP) is 4.63. The van der Waals surface area contributed by atoms with Crippen LogP contribution >= 0.6 is 15.9 Å². The highest BCUT2D eigenvalue weighted by Gasteiger charge is 2.22. The Labute approximate surface area is 188 Å². The topological polar surface area (TPSA) is 78.3 Å². The fraction of sp³-hybridized carbons (Fsp3) is 0.130. The van der Waals surface area contributed by atoms with Crippen LogP contribution in [0.2, 0.25) is 0 Å². The number of rotatable bonds is 6. The lowest BCUT2D eigenvalue weighted by Gasteiger charge is -2.08. The number of ether oxygens (including phenoxy) is 1. The summed E-state index contributed by atoms with van der Waals surface area (Å²) in [5.41, 5.74) is 2.80. The third-order valence-corrected chi connectivity index (χ3v) is 7.08. The van der Waals surface area contributed by atoms with Crippen molar-refractivity contribution in [2.75, 3.05) is 0 Å². The number of pyridine rings is 1. The first-order valence-electron chi connectivity index (χ1n) is 9.52. The van der Waals surface area contributed by atoms with Crippen LogP contribution < -0.4 is 0 Å². The molecule has 0 aliphatic carbocycles. The normalized spacial score (nSPS) is 11.5. The minimum atomic E-state index is -3.80. The monoisotopic (exact) mass is 498 g/mol. The number of carbonyl (C=O) groups excluding carboxylic acids is 1. The van der Waals surface area contributed by atoms with Crippen LogP contribution in [-0.4, -0.2) is 23.3 Å². The minimum absolute atomic E-state index is 0.0398. The van der Waals surface area contributed by atoms with Crippen molar-refractivity contribution in [3.63, 3.8) is 0 Å². The molecule has 2 heterocycles. The van der Waals surface area contributed by atoms with Crippen LogP contribution in [0.3, 0.4) is 0 Å². The molecule has 0 aliphatic rings. The van der Waals surface area contributed by atoms with Gasteiger partial charge in [0.2, 0.25) is 0 Å². The number of aryl methyl sites for hydroxylation is 1. The first-order chi connectivity index (χ1) is 14.8. The van der Waals surface area contributed by atoms with E-state index in [4.69, 9.17) is 4.74 Å². The minimum Gasteiger partial charge on any atom is -0.461 e. The number of benzene rings is 2. The molecule has 2 aromatic heterocycles. The Morgan fingerprint density at radius 2 is 1.77 bits per heavy atom. The van der Waals surface area contributed by atoms with Gasteiger partial charge < -0.3 is 4.74 Å². The molecule has 158 valence electrons. The van der Waals surface area contributed by atoms with Crippen molar-refractivity contribution in [2.24, 2.45) is 0 Å². The summed E-state index contributed by atoms with van der Waals surface area (Å²) in [5, 5.41) is 0.601. The van der Waals surface area contributed by atoms with E-state index in [9.17, 15) is 13.2 Å². The summed E-state index contributed by atoms with van der Waals surface area (Å²) in [6.07, 6.45) is 3.02. The Balaban J connectivity index is 1.57. The average Bonchev–Trinajstić information content (AvgIpc) is 3.10. The Morgan fingerprint density at radius 1 is 1.06 bits per heavy atom. The van der Waals surface area contributed by atoms with Crippen LogP contribution in [0, 0.1) is 6.92 Å². The Bertz CT molecular complexity index is 1350. The lowest BCUT2D eigenvalue weighted by atomic mass is 10.2. The second-order valence-corrected chi connectivity index (χ2v) is 9.80. The summed E-state index contributed by atoms with van der Waals surface area (Å²) in [5.74, 6) is -0.382. The van der Waals surface area contributed by atoms with Gasteiger partial charge in [0.1, 0.15) is 6.61 Å². The molecule has 0 bridgehead atoms. The van der Waals surface area contributed by atoms with E-state index < -0.39 is 10.0 Å². The number of fused-ring (bicyclic) bond motifs is 1. The molecule has 0 N–H and O–H groups in total. The molecule has 4 rings (SSSR count). The molecular weight excluding hydrogens is 480 g/mol. The van der Waals surface area contributed by atoms with Crippen molar-refractivity contribution in [1.29, 1.82) is 0 Å². The summed E-state index contributed by atoms with van der Waals surface area (Å²) < 4.78 is 33.2. The lowest BCUT2D eigenvalue weighted by molar-refractivity contribution is -0.144. The van der Waals surface area contributed by atoms with Crippen molar-refractivity contribution in [3.8, 4) is 0 Å². The number of halogens is 1. The van der Waals surface area contributed by atoms with Crippen LogP contribution in [0.5, 0.6) is 0 Å². The molecule has 0 atom stereocenters. The molecule has 0 aliphatic heterocycles. The summed E-state index contributed by atoms with van der Waals surface area (Å²) in [4.78, 5) is 16.7. The zero-order valence-electron chi connectivity index (χ0n) is 16.7. The Hall–Kier alpha value is -2.97. The number of carbonyl (C=O) groups is 1. The van der Waals surface area contributed by atoms with Crippen molar-refractivity contribution in [3.05, 3.63) is 94.2 Å². The van der Waals surface area contributed by atoms with Gasteiger partial charge in [0.25, 0.3) is 10.0 Å². The number of esters is 1. The van der Waals surface area contributed by atoms with Gasteiger partial charge in [-0.1, -0.05) is 48.0 Å². The zero-order chi connectivity index (χ0) is 22.0. The molecule has 2 aromatic carbocycles. The highest BCUT2D eigenvalue weighted by Crippen LogP contribution is 2.29. The van der Waals surface area contributed by atoms with Gasteiger partial charge >= 0.3 is 5.97 Å². The van der Waals surface area contributed by atoms with E-state index in [2.05, 4.69) is 20.9 Å².